The van der Waals surface area contributed by atoms with Gasteiger partial charge in [0.1, 0.15) is 0 Å². The number of imidazole rings is 1. The smallest absolute Gasteiger partial charge is 0.224 e. The van der Waals surface area contributed by atoms with Crippen LogP contribution >= 0.6 is 0 Å². The van der Waals surface area contributed by atoms with Gasteiger partial charge in [0.05, 0.1) is 6.33 Å². The average Bonchev–Trinajstić information content (AvgIpc) is 3.05. The van der Waals surface area contributed by atoms with Gasteiger partial charge in [0.2, 0.25) is 5.91 Å². The molecule has 1 N–H and O–H groups in total. The fourth-order valence-electron chi connectivity index (χ4n) is 3.28. The van der Waals surface area contributed by atoms with Gasteiger partial charge >= 0.3 is 0 Å². The Morgan fingerprint density at radius 3 is 3.11 bits per heavy atom. The molecule has 0 spiro atoms. The van der Waals surface area contributed by atoms with Gasteiger partial charge in [-0.25, -0.2) is 4.98 Å². The van der Waals surface area contributed by atoms with E-state index in [-0.39, 0.29) is 5.91 Å². The second kappa shape index (κ2) is 4.72. The third kappa shape index (κ3) is 2.03. The molecule has 1 amide bonds. The van der Waals surface area contributed by atoms with Crippen LogP contribution in [0.1, 0.15) is 13.3 Å². The first-order valence-corrected chi connectivity index (χ1v) is 6.71. The minimum atomic E-state index is 0.283. The van der Waals surface area contributed by atoms with Gasteiger partial charge in [-0.3, -0.25) is 4.79 Å². The number of nitrogens with one attached hydrogen (secondary N) is 1. The number of carbonyl (C=O) groups excluding carboxylic acids is 1. The Labute approximate surface area is 107 Å². The summed E-state index contributed by atoms with van der Waals surface area (Å²) in [5.41, 5.74) is 0. The molecular formula is C13H20N4O. The summed E-state index contributed by atoms with van der Waals surface area (Å²) in [6.07, 6.45) is 5.99. The highest BCUT2D eigenvalue weighted by Gasteiger charge is 2.43. The van der Waals surface area contributed by atoms with Crippen LogP contribution in [0.4, 0.5) is 0 Å². The Morgan fingerprint density at radius 2 is 2.39 bits per heavy atom. The predicted octanol–water partition coefficient (Wildman–Crippen LogP) is 0.339. The second-order valence-corrected chi connectivity index (χ2v) is 5.42. The summed E-state index contributed by atoms with van der Waals surface area (Å²) in [6, 6.07) is 0.389. The fourth-order valence-corrected chi connectivity index (χ4v) is 3.28. The molecule has 2 fully saturated rings. The van der Waals surface area contributed by atoms with Crippen molar-refractivity contribution in [1.82, 2.24) is 19.8 Å². The van der Waals surface area contributed by atoms with Crippen LogP contribution in [-0.4, -0.2) is 46.0 Å². The number of hydrogen-bond donors (Lipinski definition) is 1. The Bertz CT molecular complexity index is 417. The fraction of sp³-hybridized carbons (Fsp3) is 0.692. The number of amides is 1. The zero-order chi connectivity index (χ0) is 12.5. The van der Waals surface area contributed by atoms with Crippen LogP contribution < -0.4 is 5.32 Å². The minimum Gasteiger partial charge on any atom is -0.339 e. The van der Waals surface area contributed by atoms with E-state index in [4.69, 9.17) is 0 Å². The summed E-state index contributed by atoms with van der Waals surface area (Å²) in [7, 11) is 0. The Hall–Kier alpha value is -1.36. The largest absolute Gasteiger partial charge is 0.339 e. The molecule has 1 aromatic heterocycles. The molecule has 3 unspecified atom stereocenters. The third-order valence-electron chi connectivity index (χ3n) is 4.40. The van der Waals surface area contributed by atoms with Gasteiger partial charge in [-0.05, 0) is 18.8 Å². The topological polar surface area (TPSA) is 50.2 Å². The number of fused-ring (bicyclic) bond motifs is 1. The number of rotatable bonds is 3. The lowest BCUT2D eigenvalue weighted by Crippen LogP contribution is -2.38. The van der Waals surface area contributed by atoms with Gasteiger partial charge in [-0.2, -0.15) is 0 Å². The lowest BCUT2D eigenvalue weighted by molar-refractivity contribution is -0.132. The van der Waals surface area contributed by atoms with E-state index in [1.54, 1.807) is 12.5 Å². The summed E-state index contributed by atoms with van der Waals surface area (Å²) in [4.78, 5) is 18.3. The normalized spacial score (nSPS) is 30.7. The molecule has 5 heteroatoms. The van der Waals surface area contributed by atoms with Gasteiger partial charge in [-0.1, -0.05) is 0 Å². The van der Waals surface area contributed by atoms with Crippen molar-refractivity contribution in [3.8, 4) is 0 Å². The van der Waals surface area contributed by atoms with Crippen molar-refractivity contribution in [2.45, 2.75) is 25.9 Å². The maximum Gasteiger partial charge on any atom is 0.224 e. The number of hydrogen-bond acceptors (Lipinski definition) is 3. The lowest BCUT2D eigenvalue weighted by atomic mass is 9.95. The second-order valence-electron chi connectivity index (χ2n) is 5.42. The van der Waals surface area contributed by atoms with Crippen molar-refractivity contribution in [2.24, 2.45) is 11.8 Å². The van der Waals surface area contributed by atoms with E-state index in [0.29, 0.717) is 24.3 Å². The predicted molar refractivity (Wildman–Crippen MR) is 67.9 cm³/mol. The maximum atomic E-state index is 12.3. The minimum absolute atomic E-state index is 0.283. The van der Waals surface area contributed by atoms with E-state index in [1.807, 2.05) is 10.8 Å². The molecule has 0 aliphatic carbocycles. The van der Waals surface area contributed by atoms with E-state index in [9.17, 15) is 4.79 Å². The molecule has 18 heavy (non-hydrogen) atoms. The maximum absolute atomic E-state index is 12.3. The first kappa shape index (κ1) is 11.7. The molecule has 3 atom stereocenters. The van der Waals surface area contributed by atoms with Crippen molar-refractivity contribution in [3.63, 3.8) is 0 Å². The first-order valence-electron chi connectivity index (χ1n) is 6.71. The number of aromatic nitrogens is 2. The van der Waals surface area contributed by atoms with E-state index in [0.717, 1.165) is 26.2 Å². The molecule has 0 saturated carbocycles. The number of carbonyl (C=O) groups is 1. The number of nitrogens with zero attached hydrogens (tertiary/aromatic N) is 3. The highest BCUT2D eigenvalue weighted by atomic mass is 16.2. The summed E-state index contributed by atoms with van der Waals surface area (Å²) < 4.78 is 1.96. The molecule has 0 radical (unpaired) electrons. The van der Waals surface area contributed by atoms with Crippen molar-refractivity contribution in [1.29, 1.82) is 0 Å². The van der Waals surface area contributed by atoms with Crippen molar-refractivity contribution in [2.75, 3.05) is 19.6 Å². The zero-order valence-corrected chi connectivity index (χ0v) is 10.7. The summed E-state index contributed by atoms with van der Waals surface area (Å²) in [6.45, 7) is 5.99. The van der Waals surface area contributed by atoms with Gasteiger partial charge in [-0.15, -0.1) is 0 Å². The molecular weight excluding hydrogens is 228 g/mol. The van der Waals surface area contributed by atoms with Gasteiger partial charge in [0.25, 0.3) is 0 Å². The van der Waals surface area contributed by atoms with Gasteiger partial charge in [0.15, 0.2) is 0 Å². The Balaban J connectivity index is 1.56. The number of aryl methyl sites for hydroxylation is 1. The monoisotopic (exact) mass is 248 g/mol. The van der Waals surface area contributed by atoms with Crippen LogP contribution in [0.2, 0.25) is 0 Å². The van der Waals surface area contributed by atoms with E-state index in [1.165, 1.54) is 0 Å². The molecule has 2 aliphatic heterocycles. The van der Waals surface area contributed by atoms with Crippen LogP contribution in [0, 0.1) is 11.8 Å². The quantitative estimate of drug-likeness (QED) is 0.839. The summed E-state index contributed by atoms with van der Waals surface area (Å²) in [5.74, 6) is 1.60. The molecule has 3 rings (SSSR count). The molecule has 0 bridgehead atoms. The molecule has 98 valence electrons. The molecule has 2 aliphatic rings. The van der Waals surface area contributed by atoms with Crippen LogP contribution in [0.5, 0.6) is 0 Å². The lowest BCUT2D eigenvalue weighted by Gasteiger charge is -2.24. The van der Waals surface area contributed by atoms with Gasteiger partial charge < -0.3 is 14.8 Å². The summed E-state index contributed by atoms with van der Waals surface area (Å²) >= 11 is 0. The van der Waals surface area contributed by atoms with Crippen LogP contribution in [0.25, 0.3) is 0 Å². The van der Waals surface area contributed by atoms with E-state index in [2.05, 4.69) is 22.1 Å². The van der Waals surface area contributed by atoms with Gasteiger partial charge in [0, 0.05) is 51.0 Å². The third-order valence-corrected chi connectivity index (χ3v) is 4.40. The first-order chi connectivity index (χ1) is 8.75. The number of likely N-dealkylation sites (tertiary alicyclic amines) is 1. The zero-order valence-electron chi connectivity index (χ0n) is 10.7. The average molecular weight is 248 g/mol. The Morgan fingerprint density at radius 1 is 1.50 bits per heavy atom. The molecule has 3 heterocycles. The van der Waals surface area contributed by atoms with E-state index >= 15 is 0 Å². The standard InChI is InChI=1S/C13H20N4O/c1-10-12-7-15-6-11(12)8-17(10)13(18)2-4-16-5-3-14-9-16/h3,5,9-12,15H,2,4,6-8H2,1H3. The molecule has 0 aromatic carbocycles. The SMILES string of the molecule is CC1C2CNCC2CN1C(=O)CCn1ccnc1. The Kier molecular flexibility index (Phi) is 3.07. The van der Waals surface area contributed by atoms with Crippen molar-refractivity contribution < 1.29 is 4.79 Å². The highest BCUT2D eigenvalue weighted by molar-refractivity contribution is 5.76. The molecule has 1 aromatic rings. The van der Waals surface area contributed by atoms with Crippen molar-refractivity contribution >= 4 is 5.91 Å². The van der Waals surface area contributed by atoms with Crippen LogP contribution in [-0.2, 0) is 11.3 Å². The van der Waals surface area contributed by atoms with Crippen LogP contribution in [0.3, 0.4) is 0 Å². The highest BCUT2D eigenvalue weighted by Crippen LogP contribution is 2.32. The molecule has 5 nitrogen and oxygen atoms in total. The van der Waals surface area contributed by atoms with E-state index < -0.39 is 0 Å². The summed E-state index contributed by atoms with van der Waals surface area (Å²) in [5, 5.41) is 3.42. The molecule has 2 saturated heterocycles. The van der Waals surface area contributed by atoms with Crippen molar-refractivity contribution in [3.05, 3.63) is 18.7 Å². The van der Waals surface area contributed by atoms with Crippen LogP contribution in [0.15, 0.2) is 18.7 Å².